The van der Waals surface area contributed by atoms with Crippen molar-refractivity contribution in [1.82, 2.24) is 0 Å². The molecule has 0 fully saturated rings. The Bertz CT molecular complexity index is 125. The molecule has 0 amide bonds. The van der Waals surface area contributed by atoms with Gasteiger partial charge in [-0.2, -0.15) is 0 Å². The van der Waals surface area contributed by atoms with E-state index in [1.165, 1.54) is 34.6 Å². The van der Waals surface area contributed by atoms with Crippen LogP contribution in [0.5, 0.6) is 0 Å². The molecule has 0 aromatic heterocycles. The fourth-order valence-electron chi connectivity index (χ4n) is 1.47. The van der Waals surface area contributed by atoms with Gasteiger partial charge in [-0.25, -0.2) is 0 Å². The molecule has 2 N–H and O–H groups in total. The van der Waals surface area contributed by atoms with Gasteiger partial charge in [0.1, 0.15) is 0 Å². The molecule has 0 saturated heterocycles. The van der Waals surface area contributed by atoms with Crippen LogP contribution in [0.2, 0.25) is 8.87 Å². The molecule has 0 saturated carbocycles. The Labute approximate surface area is 101 Å². The Kier molecular flexibility index (Phi) is 11.7. The summed E-state index contributed by atoms with van der Waals surface area (Å²) >= 11 is -1.81. The molecule has 0 spiro atoms. The van der Waals surface area contributed by atoms with Gasteiger partial charge in [-0.15, -0.1) is 0 Å². The third kappa shape index (κ3) is 9.60. The van der Waals surface area contributed by atoms with Crippen LogP contribution in [0.25, 0.3) is 0 Å². The zero-order valence-corrected chi connectivity index (χ0v) is 13.4. The first-order valence-electron chi connectivity index (χ1n) is 6.15. The van der Waals surface area contributed by atoms with E-state index in [9.17, 15) is 5.11 Å². The fraction of sp³-hybridized carbons (Fsp3) is 1.00. The third-order valence-electron chi connectivity index (χ3n) is 2.49. The molecule has 0 heterocycles. The van der Waals surface area contributed by atoms with Crippen LogP contribution < -0.4 is 0 Å². The molecular weight excluding hydrogens is 299 g/mol. The molecule has 0 aliphatic heterocycles. The first kappa shape index (κ1) is 15.7. The summed E-state index contributed by atoms with van der Waals surface area (Å²) in [4.78, 5) is 0. The predicted molar refractivity (Wildman–Crippen MR) is 65.6 cm³/mol. The van der Waals surface area contributed by atoms with Gasteiger partial charge in [0.25, 0.3) is 0 Å². The molecule has 3 nitrogen and oxygen atoms in total. The van der Waals surface area contributed by atoms with Gasteiger partial charge in [-0.1, -0.05) is 0 Å². The first-order valence-corrected chi connectivity index (χ1v) is 12.2. The zero-order valence-electron chi connectivity index (χ0n) is 10.1. The molecule has 0 aromatic carbocycles. The van der Waals surface area contributed by atoms with E-state index in [1.807, 2.05) is 0 Å². The molecule has 0 radical (unpaired) electrons. The number of aliphatic hydroxyl groups excluding tert-OH is 2. The number of rotatable bonds is 10. The Hall–Kier alpha value is 0.679. The molecule has 0 rings (SSSR count). The topological polar surface area (TPSA) is 49.7 Å². The number of hydrogen-bond donors (Lipinski definition) is 2. The second kappa shape index (κ2) is 11.2. The Morgan fingerprint density at radius 2 is 1.67 bits per heavy atom. The van der Waals surface area contributed by atoms with Crippen molar-refractivity contribution in [1.29, 1.82) is 0 Å². The minimum atomic E-state index is -1.81. The quantitative estimate of drug-likeness (QED) is 0.601. The summed E-state index contributed by atoms with van der Waals surface area (Å²) in [7, 11) is 0. The van der Waals surface area contributed by atoms with Crippen molar-refractivity contribution >= 4 is 20.2 Å². The third-order valence-corrected chi connectivity index (χ3v) is 10.4. The van der Waals surface area contributed by atoms with E-state index < -0.39 is 26.3 Å². The van der Waals surface area contributed by atoms with Gasteiger partial charge < -0.3 is 0 Å². The van der Waals surface area contributed by atoms with Crippen molar-refractivity contribution in [2.45, 2.75) is 54.5 Å². The van der Waals surface area contributed by atoms with E-state index in [4.69, 9.17) is 8.18 Å². The molecule has 0 aliphatic rings. The predicted octanol–water partition coefficient (Wildman–Crippen LogP) is 1.68. The van der Waals surface area contributed by atoms with Crippen LogP contribution >= 0.6 is 0 Å². The fourth-order valence-corrected chi connectivity index (χ4v) is 9.59. The van der Waals surface area contributed by atoms with Gasteiger partial charge in [0.2, 0.25) is 0 Å². The van der Waals surface area contributed by atoms with Crippen molar-refractivity contribution in [3.63, 3.8) is 0 Å². The number of unbranched alkanes of at least 4 members (excludes halogenated alkanes) is 2. The van der Waals surface area contributed by atoms with Gasteiger partial charge in [0.15, 0.2) is 0 Å². The summed E-state index contributed by atoms with van der Waals surface area (Å²) in [5.74, 6) is 0. The Balaban J connectivity index is 3.67. The minimum absolute atomic E-state index is 0.180. The van der Waals surface area contributed by atoms with Crippen LogP contribution in [0.1, 0.15) is 39.5 Å². The van der Waals surface area contributed by atoms with E-state index in [0.717, 1.165) is 0 Å². The van der Waals surface area contributed by atoms with Crippen LogP contribution in [0.4, 0.5) is 0 Å². The Morgan fingerprint density at radius 3 is 2.07 bits per heavy atom. The van der Waals surface area contributed by atoms with Crippen molar-refractivity contribution in [3.8, 4) is 0 Å². The number of aliphatic hydroxyl groups is 2. The second-order valence-electron chi connectivity index (χ2n) is 4.08. The van der Waals surface area contributed by atoms with E-state index in [-0.39, 0.29) is 6.61 Å². The van der Waals surface area contributed by atoms with Gasteiger partial charge in [0, 0.05) is 0 Å². The van der Waals surface area contributed by atoms with E-state index in [2.05, 4.69) is 13.8 Å². The molecule has 0 bridgehead atoms. The molecule has 0 aliphatic carbocycles. The molecule has 1 atom stereocenters. The van der Waals surface area contributed by atoms with E-state index in [1.54, 1.807) is 0 Å². The maximum absolute atomic E-state index is 9.22. The monoisotopic (exact) mass is 326 g/mol. The van der Waals surface area contributed by atoms with Crippen LogP contribution in [0, 0.1) is 0 Å². The molecule has 4 heteroatoms. The summed E-state index contributed by atoms with van der Waals surface area (Å²) in [6.45, 7) is 4.57. The van der Waals surface area contributed by atoms with Crippen molar-refractivity contribution in [3.05, 3.63) is 0 Å². The van der Waals surface area contributed by atoms with Crippen molar-refractivity contribution in [2.75, 3.05) is 13.2 Å². The zero-order chi connectivity index (χ0) is 11.5. The van der Waals surface area contributed by atoms with Gasteiger partial charge in [-0.05, 0) is 0 Å². The molecular formula is C11H26O3Sn. The van der Waals surface area contributed by atoms with Crippen LogP contribution in [0.15, 0.2) is 0 Å². The molecule has 92 valence electrons. The normalized spacial score (nSPS) is 13.4. The summed E-state index contributed by atoms with van der Waals surface area (Å²) in [5.41, 5.74) is 0. The molecule has 0 aromatic rings. The molecule has 15 heavy (non-hydrogen) atoms. The van der Waals surface area contributed by atoms with Gasteiger partial charge >= 0.3 is 101 Å². The maximum atomic E-state index is 9.22. The van der Waals surface area contributed by atoms with Crippen LogP contribution in [-0.2, 0) is 3.07 Å². The van der Waals surface area contributed by atoms with Crippen LogP contribution in [-0.4, -0.2) is 49.7 Å². The average molecular weight is 325 g/mol. The van der Waals surface area contributed by atoms with E-state index >= 15 is 0 Å². The Morgan fingerprint density at radius 1 is 1.13 bits per heavy atom. The van der Waals surface area contributed by atoms with Crippen molar-refractivity contribution in [2.24, 2.45) is 0 Å². The standard InChI is InChI=1S/2C4H9.C3H7O3.Sn.H/c2*1-3-4-2;4-1-3(6)2-5;;/h2*1,3-4H2,2H3;3-4,6H,1-2H2;;/q;;-1;+1;. The number of hydrogen-bond acceptors (Lipinski definition) is 3. The first-order chi connectivity index (χ1) is 7.24. The SMILES string of the molecule is CCC[CH2][SnH]([CH2]CCC)[O]CC(O)CO. The van der Waals surface area contributed by atoms with Crippen molar-refractivity contribution < 1.29 is 13.3 Å². The van der Waals surface area contributed by atoms with Crippen LogP contribution in [0.3, 0.4) is 0 Å². The second-order valence-corrected chi connectivity index (χ2v) is 11.9. The summed E-state index contributed by atoms with van der Waals surface area (Å²) in [6.07, 6.45) is 4.31. The molecule has 1 unspecified atom stereocenters. The van der Waals surface area contributed by atoms with Gasteiger partial charge in [0.05, 0.1) is 0 Å². The van der Waals surface area contributed by atoms with E-state index in [0.29, 0.717) is 6.61 Å². The average Bonchev–Trinajstić information content (AvgIpc) is 2.27. The summed E-state index contributed by atoms with van der Waals surface area (Å²) in [5, 5.41) is 17.9. The van der Waals surface area contributed by atoms with Gasteiger partial charge in [-0.3, -0.25) is 0 Å². The summed E-state index contributed by atoms with van der Waals surface area (Å²) in [6, 6.07) is 0. The summed E-state index contributed by atoms with van der Waals surface area (Å²) < 4.78 is 8.35.